The van der Waals surface area contributed by atoms with Gasteiger partial charge in [0.05, 0.1) is 24.4 Å². The highest BCUT2D eigenvalue weighted by atomic mass is 16.5. The molecule has 0 bridgehead atoms. The normalized spacial score (nSPS) is 16.3. The number of piperidine rings is 1. The molecule has 1 amide bonds. The molecule has 6 nitrogen and oxygen atoms in total. The van der Waals surface area contributed by atoms with Crippen LogP contribution in [0.15, 0.2) is 24.4 Å². The summed E-state index contributed by atoms with van der Waals surface area (Å²) in [4.78, 5) is 32.5. The summed E-state index contributed by atoms with van der Waals surface area (Å²) in [5, 5.41) is 0. The molecule has 0 aromatic rings. The Kier molecular flexibility index (Phi) is 15.1. The number of allylic oxidation sites excluding steroid dienone is 1. The van der Waals surface area contributed by atoms with Crippen molar-refractivity contribution in [2.45, 2.75) is 174 Å². The van der Waals surface area contributed by atoms with Crippen LogP contribution in [-0.2, 0) is 19.1 Å². The van der Waals surface area contributed by atoms with Crippen LogP contribution in [0.2, 0.25) is 0 Å². The van der Waals surface area contributed by atoms with Crippen molar-refractivity contribution < 1.29 is 19.1 Å². The lowest BCUT2D eigenvalue weighted by Crippen LogP contribution is -2.56. The molecule has 49 heavy (non-hydrogen) atoms. The van der Waals surface area contributed by atoms with E-state index < -0.39 is 21.8 Å². The molecule has 0 aromatic heterocycles. The van der Waals surface area contributed by atoms with Gasteiger partial charge in [0.25, 0.3) is 0 Å². The second-order valence-electron chi connectivity index (χ2n) is 20.1. The molecule has 1 fully saturated rings. The van der Waals surface area contributed by atoms with Crippen LogP contribution in [-0.4, -0.2) is 71.6 Å². The van der Waals surface area contributed by atoms with Gasteiger partial charge in [-0.15, -0.1) is 6.58 Å². The number of ether oxygens (including phenoxy) is 2. The first-order valence-corrected chi connectivity index (χ1v) is 19.0. The number of rotatable bonds is 19. The van der Waals surface area contributed by atoms with E-state index in [-0.39, 0.29) is 34.2 Å². The average molecular weight is 689 g/mol. The van der Waals surface area contributed by atoms with Gasteiger partial charge in [0.1, 0.15) is 5.78 Å². The molecule has 1 aliphatic heterocycles. The number of amides is 1. The first kappa shape index (κ1) is 45.4. The molecule has 0 atom stereocenters. The summed E-state index contributed by atoms with van der Waals surface area (Å²) in [6, 6.07) is 0.0872. The number of carbonyl (C=O) groups excluding carboxylic acids is 2. The Bertz CT molecular complexity index is 1140. The Hall–Kier alpha value is -1.66. The van der Waals surface area contributed by atoms with Crippen molar-refractivity contribution in [1.29, 1.82) is 0 Å². The summed E-state index contributed by atoms with van der Waals surface area (Å²) in [6.07, 6.45) is 3.66. The molecule has 1 heterocycles. The molecule has 6 heteroatoms. The quantitative estimate of drug-likeness (QED) is 0.126. The third kappa shape index (κ3) is 11.9. The largest absolute Gasteiger partial charge is 0.375 e. The number of ketones is 1. The molecule has 0 radical (unpaired) electrons. The van der Waals surface area contributed by atoms with Gasteiger partial charge in [0.15, 0.2) is 0 Å². The third-order valence-corrected chi connectivity index (χ3v) is 12.7. The fourth-order valence-corrected chi connectivity index (χ4v) is 6.77. The van der Waals surface area contributed by atoms with Gasteiger partial charge in [0, 0.05) is 54.0 Å². The lowest BCUT2D eigenvalue weighted by Gasteiger charge is -2.51. The van der Waals surface area contributed by atoms with Crippen molar-refractivity contribution in [2.75, 3.05) is 32.8 Å². The number of hydrogen-bond acceptors (Lipinski definition) is 5. The van der Waals surface area contributed by atoms with Crippen molar-refractivity contribution in [2.24, 2.45) is 33.0 Å². The van der Waals surface area contributed by atoms with Crippen molar-refractivity contribution in [3.05, 3.63) is 24.4 Å². The van der Waals surface area contributed by atoms with Gasteiger partial charge in [-0.05, 0) is 77.0 Å². The zero-order valence-electron chi connectivity index (χ0n) is 35.7. The predicted octanol–water partition coefficient (Wildman–Crippen LogP) is 10.5. The number of nitrogens with zero attached hydrogens (tertiary/aromatic N) is 2. The van der Waals surface area contributed by atoms with Crippen LogP contribution in [0, 0.1) is 33.0 Å². The summed E-state index contributed by atoms with van der Waals surface area (Å²) in [7, 11) is 0. The van der Waals surface area contributed by atoms with Crippen LogP contribution in [0.4, 0.5) is 0 Å². The monoisotopic (exact) mass is 689 g/mol. The van der Waals surface area contributed by atoms with Gasteiger partial charge in [-0.2, -0.15) is 0 Å². The average Bonchev–Trinajstić information content (AvgIpc) is 2.92. The van der Waals surface area contributed by atoms with Crippen LogP contribution in [0.5, 0.6) is 0 Å². The standard InChI is InChI=1S/C43H80N2O4/c1-31(2)29-40(13,14)48-27-23-39(11,12)49-28-26-45(36(47)43(19,20)38(9,10)30-35(46)37(6,7)8)34-21-24-44(25-22-34)33(5)42(17,18)41(15,16)32(3)4/h32,34H,1,5,21-30H2,2-4,6-20H3. The smallest absolute Gasteiger partial charge is 0.229 e. The van der Waals surface area contributed by atoms with Crippen molar-refractivity contribution in [3.8, 4) is 0 Å². The molecule has 0 aliphatic carbocycles. The lowest BCUT2D eigenvalue weighted by atomic mass is 9.60. The van der Waals surface area contributed by atoms with Crippen molar-refractivity contribution >= 4 is 11.7 Å². The highest BCUT2D eigenvalue weighted by Gasteiger charge is 2.49. The van der Waals surface area contributed by atoms with Gasteiger partial charge in [0.2, 0.25) is 5.91 Å². The molecule has 0 unspecified atom stereocenters. The Labute approximate surface area is 304 Å². The third-order valence-electron chi connectivity index (χ3n) is 12.7. The summed E-state index contributed by atoms with van der Waals surface area (Å²) in [5.41, 5.74) is -0.0998. The van der Waals surface area contributed by atoms with E-state index >= 15 is 0 Å². The van der Waals surface area contributed by atoms with Crippen LogP contribution in [0.25, 0.3) is 0 Å². The minimum atomic E-state index is -0.754. The van der Waals surface area contributed by atoms with E-state index in [1.165, 1.54) is 5.70 Å². The van der Waals surface area contributed by atoms with Gasteiger partial charge in [-0.3, -0.25) is 9.59 Å². The van der Waals surface area contributed by atoms with E-state index in [1.807, 2.05) is 41.5 Å². The zero-order valence-corrected chi connectivity index (χ0v) is 35.7. The summed E-state index contributed by atoms with van der Waals surface area (Å²) >= 11 is 0. The van der Waals surface area contributed by atoms with Gasteiger partial charge < -0.3 is 19.3 Å². The topological polar surface area (TPSA) is 59.1 Å². The van der Waals surface area contributed by atoms with Crippen LogP contribution < -0.4 is 0 Å². The number of carbonyl (C=O) groups is 2. The van der Waals surface area contributed by atoms with Crippen LogP contribution in [0.1, 0.15) is 157 Å². The molecular weight excluding hydrogens is 608 g/mol. The number of likely N-dealkylation sites (tertiary alicyclic amines) is 1. The molecular formula is C43H80N2O4. The lowest BCUT2D eigenvalue weighted by molar-refractivity contribution is -0.154. The Morgan fingerprint density at radius 2 is 1.24 bits per heavy atom. The first-order chi connectivity index (χ1) is 21.8. The maximum Gasteiger partial charge on any atom is 0.229 e. The molecule has 1 saturated heterocycles. The molecule has 0 aromatic carbocycles. The second kappa shape index (κ2) is 16.3. The first-order valence-electron chi connectivity index (χ1n) is 19.0. The molecule has 1 aliphatic rings. The summed E-state index contributed by atoms with van der Waals surface area (Å²) in [6.45, 7) is 50.4. The van der Waals surface area contributed by atoms with Crippen molar-refractivity contribution in [1.82, 2.24) is 9.80 Å². The SMILES string of the molecule is C=C(C)CC(C)(C)OCCC(C)(C)OCCN(C(=O)C(C)(C)C(C)(C)CC(=O)C(C)(C)C)C1CCN(C(=C)C(C)(C)C(C)(C)C(C)C)CC1. The Balaban J connectivity index is 3.22. The van der Waals surface area contributed by atoms with E-state index in [2.05, 4.69) is 106 Å². The van der Waals surface area contributed by atoms with E-state index in [0.717, 1.165) is 44.3 Å². The zero-order chi connectivity index (χ0) is 38.6. The van der Waals surface area contributed by atoms with E-state index in [1.54, 1.807) is 0 Å². The molecule has 286 valence electrons. The molecule has 0 saturated carbocycles. The number of Topliss-reactive ketones (excluding diaryl/α,β-unsaturated/α-hetero) is 1. The molecule has 0 spiro atoms. The predicted molar refractivity (Wildman–Crippen MR) is 209 cm³/mol. The highest BCUT2D eigenvalue weighted by molar-refractivity contribution is 5.87. The van der Waals surface area contributed by atoms with Gasteiger partial charge in [-0.25, -0.2) is 0 Å². The molecule has 1 rings (SSSR count). The van der Waals surface area contributed by atoms with E-state index in [4.69, 9.17) is 9.47 Å². The fraction of sp³-hybridized carbons (Fsp3) is 0.860. The minimum absolute atomic E-state index is 0.0714. The Morgan fingerprint density at radius 3 is 1.69 bits per heavy atom. The fourth-order valence-electron chi connectivity index (χ4n) is 6.77. The maximum absolute atomic E-state index is 14.7. The van der Waals surface area contributed by atoms with Gasteiger partial charge >= 0.3 is 0 Å². The highest BCUT2D eigenvalue weighted by Crippen LogP contribution is 2.50. The number of hydrogen-bond donors (Lipinski definition) is 0. The van der Waals surface area contributed by atoms with E-state index in [0.29, 0.717) is 32.1 Å². The van der Waals surface area contributed by atoms with Crippen molar-refractivity contribution in [3.63, 3.8) is 0 Å². The Morgan fingerprint density at radius 1 is 0.755 bits per heavy atom. The van der Waals surface area contributed by atoms with Crippen LogP contribution >= 0.6 is 0 Å². The minimum Gasteiger partial charge on any atom is -0.375 e. The molecule has 0 N–H and O–H groups in total. The summed E-state index contributed by atoms with van der Waals surface area (Å²) in [5.74, 6) is 0.797. The van der Waals surface area contributed by atoms with Crippen LogP contribution in [0.3, 0.4) is 0 Å². The second-order valence-corrected chi connectivity index (χ2v) is 20.1. The summed E-state index contributed by atoms with van der Waals surface area (Å²) < 4.78 is 12.7. The van der Waals surface area contributed by atoms with Gasteiger partial charge in [-0.1, -0.05) is 102 Å². The van der Waals surface area contributed by atoms with E-state index in [9.17, 15) is 9.59 Å². The maximum atomic E-state index is 14.7.